The van der Waals surface area contributed by atoms with E-state index in [-0.39, 0.29) is 0 Å². The number of hydrogen-bond donors (Lipinski definition) is 0. The SMILES string of the molecule is CC1C(C2CC[C@@H](C)C[C@H]2C)[C@@H](C)C(C)(C)[C@H]2CC(OCC(C)[C@H](C)CI)CCC12. The second-order valence-electron chi connectivity index (χ2n) is 12.8. The summed E-state index contributed by atoms with van der Waals surface area (Å²) in [7, 11) is 0. The van der Waals surface area contributed by atoms with Crippen LogP contribution in [0.25, 0.3) is 0 Å². The largest absolute Gasteiger partial charge is 0.378 e. The third kappa shape index (κ3) is 5.10. The summed E-state index contributed by atoms with van der Waals surface area (Å²) in [5, 5.41) is 0. The lowest BCUT2D eigenvalue weighted by atomic mass is 9.45. The van der Waals surface area contributed by atoms with Gasteiger partial charge in [-0.3, -0.25) is 0 Å². The van der Waals surface area contributed by atoms with Crippen LogP contribution in [-0.4, -0.2) is 17.1 Å². The summed E-state index contributed by atoms with van der Waals surface area (Å²) < 4.78 is 7.78. The van der Waals surface area contributed by atoms with E-state index in [2.05, 4.69) is 78.0 Å². The molecule has 3 fully saturated rings. The van der Waals surface area contributed by atoms with Gasteiger partial charge in [0.25, 0.3) is 0 Å². The Morgan fingerprint density at radius 1 is 0.900 bits per heavy atom. The van der Waals surface area contributed by atoms with Gasteiger partial charge in [-0.15, -0.1) is 0 Å². The molecule has 3 saturated carbocycles. The lowest BCUT2D eigenvalue weighted by Crippen LogP contribution is -2.55. The number of halogens is 1. The zero-order chi connectivity index (χ0) is 22.2. The first-order valence-corrected chi connectivity index (χ1v) is 14.8. The van der Waals surface area contributed by atoms with E-state index in [1.807, 2.05) is 0 Å². The molecule has 30 heavy (non-hydrogen) atoms. The van der Waals surface area contributed by atoms with Crippen molar-refractivity contribution in [3.63, 3.8) is 0 Å². The summed E-state index contributed by atoms with van der Waals surface area (Å²) in [6.45, 7) is 21.3. The van der Waals surface area contributed by atoms with E-state index in [4.69, 9.17) is 4.74 Å². The topological polar surface area (TPSA) is 9.23 Å². The summed E-state index contributed by atoms with van der Waals surface area (Å²) >= 11 is 2.52. The van der Waals surface area contributed by atoms with Crippen molar-refractivity contribution in [3.8, 4) is 0 Å². The number of fused-ring (bicyclic) bond motifs is 1. The predicted molar refractivity (Wildman–Crippen MR) is 139 cm³/mol. The van der Waals surface area contributed by atoms with Gasteiger partial charge in [0, 0.05) is 11.0 Å². The van der Waals surface area contributed by atoms with Crippen LogP contribution in [0, 0.1) is 64.6 Å². The molecular weight excluding hydrogens is 479 g/mol. The monoisotopic (exact) mass is 530 g/mol. The molecule has 3 aliphatic rings. The first-order valence-electron chi connectivity index (χ1n) is 13.2. The summed E-state index contributed by atoms with van der Waals surface area (Å²) in [4.78, 5) is 0. The first-order chi connectivity index (χ1) is 14.1. The van der Waals surface area contributed by atoms with Crippen LogP contribution >= 0.6 is 22.6 Å². The Morgan fingerprint density at radius 3 is 2.20 bits per heavy atom. The molecule has 6 unspecified atom stereocenters. The highest BCUT2D eigenvalue weighted by atomic mass is 127. The summed E-state index contributed by atoms with van der Waals surface area (Å²) in [6, 6.07) is 0. The molecule has 176 valence electrons. The van der Waals surface area contributed by atoms with Crippen LogP contribution < -0.4 is 0 Å². The van der Waals surface area contributed by atoms with E-state index < -0.39 is 0 Å². The number of alkyl halides is 1. The van der Waals surface area contributed by atoms with Crippen LogP contribution in [0.15, 0.2) is 0 Å². The quantitative estimate of drug-likeness (QED) is 0.247. The van der Waals surface area contributed by atoms with Crippen LogP contribution in [0.4, 0.5) is 0 Å². The van der Waals surface area contributed by atoms with Gasteiger partial charge >= 0.3 is 0 Å². The molecule has 0 spiro atoms. The fourth-order valence-corrected chi connectivity index (χ4v) is 8.86. The number of rotatable bonds is 6. The van der Waals surface area contributed by atoms with Gasteiger partial charge in [-0.2, -0.15) is 0 Å². The minimum atomic E-state index is 0.438. The van der Waals surface area contributed by atoms with Gasteiger partial charge in [0.1, 0.15) is 0 Å². The third-order valence-electron chi connectivity index (χ3n) is 10.6. The molecule has 0 aromatic carbocycles. The van der Waals surface area contributed by atoms with Gasteiger partial charge < -0.3 is 4.74 Å². The molecule has 0 saturated heterocycles. The molecule has 0 radical (unpaired) electrons. The smallest absolute Gasteiger partial charge is 0.0578 e. The predicted octanol–water partition coefficient (Wildman–Crippen LogP) is 8.50. The van der Waals surface area contributed by atoms with Crippen molar-refractivity contribution >= 4 is 22.6 Å². The maximum atomic E-state index is 6.55. The van der Waals surface area contributed by atoms with Gasteiger partial charge in [0.05, 0.1) is 6.10 Å². The van der Waals surface area contributed by atoms with Gasteiger partial charge in [-0.05, 0) is 96.7 Å². The van der Waals surface area contributed by atoms with Crippen molar-refractivity contribution in [1.29, 1.82) is 0 Å². The molecule has 0 bridgehead atoms. The lowest BCUT2D eigenvalue weighted by Gasteiger charge is -2.60. The second-order valence-corrected chi connectivity index (χ2v) is 13.6. The minimum Gasteiger partial charge on any atom is -0.378 e. The molecule has 0 aromatic rings. The Hall–Kier alpha value is 0.690. The van der Waals surface area contributed by atoms with Gasteiger partial charge in [0.2, 0.25) is 0 Å². The van der Waals surface area contributed by atoms with E-state index in [9.17, 15) is 0 Å². The fraction of sp³-hybridized carbons (Fsp3) is 1.00. The molecule has 2 heteroatoms. The van der Waals surface area contributed by atoms with Crippen molar-refractivity contribution in [3.05, 3.63) is 0 Å². The van der Waals surface area contributed by atoms with Crippen molar-refractivity contribution in [2.75, 3.05) is 11.0 Å². The second kappa shape index (κ2) is 10.3. The molecule has 3 aliphatic carbocycles. The lowest BCUT2D eigenvalue weighted by molar-refractivity contribution is -0.140. The fourth-order valence-electron chi connectivity index (χ4n) is 7.99. The molecule has 0 aliphatic heterocycles. The summed E-state index contributed by atoms with van der Waals surface area (Å²) in [6.07, 6.45) is 8.90. The number of ether oxygens (including phenoxy) is 1. The highest BCUT2D eigenvalue weighted by molar-refractivity contribution is 14.1. The Kier molecular flexibility index (Phi) is 8.70. The maximum absolute atomic E-state index is 6.55. The molecular formula is C28H51IO. The average molecular weight is 531 g/mol. The van der Waals surface area contributed by atoms with E-state index in [1.54, 1.807) is 0 Å². The Balaban J connectivity index is 1.69. The highest BCUT2D eigenvalue weighted by Gasteiger charge is 2.55. The van der Waals surface area contributed by atoms with E-state index >= 15 is 0 Å². The van der Waals surface area contributed by atoms with Crippen LogP contribution in [0.3, 0.4) is 0 Å². The molecule has 3 rings (SSSR count). The zero-order valence-electron chi connectivity index (χ0n) is 21.3. The average Bonchev–Trinajstić information content (AvgIpc) is 2.71. The maximum Gasteiger partial charge on any atom is 0.0578 e. The normalized spacial score (nSPS) is 46.1. The first kappa shape index (κ1) is 25.3. The molecule has 0 amide bonds. The van der Waals surface area contributed by atoms with Crippen molar-refractivity contribution in [2.45, 2.75) is 100 Å². The Morgan fingerprint density at radius 2 is 1.57 bits per heavy atom. The van der Waals surface area contributed by atoms with E-state index in [0.29, 0.717) is 17.4 Å². The molecule has 0 heterocycles. The Bertz CT molecular complexity index is 545. The molecule has 11 atom stereocenters. The highest BCUT2D eigenvalue weighted by Crippen LogP contribution is 2.61. The van der Waals surface area contributed by atoms with Crippen molar-refractivity contribution in [1.82, 2.24) is 0 Å². The van der Waals surface area contributed by atoms with Crippen LogP contribution in [0.5, 0.6) is 0 Å². The van der Waals surface area contributed by atoms with Gasteiger partial charge in [-0.1, -0.05) is 84.4 Å². The van der Waals surface area contributed by atoms with Crippen molar-refractivity contribution in [2.24, 2.45) is 64.6 Å². The van der Waals surface area contributed by atoms with E-state index in [0.717, 1.165) is 59.9 Å². The third-order valence-corrected chi connectivity index (χ3v) is 12.0. The molecule has 0 aromatic heterocycles. The van der Waals surface area contributed by atoms with Gasteiger partial charge in [0.15, 0.2) is 0 Å². The van der Waals surface area contributed by atoms with Crippen LogP contribution in [0.1, 0.15) is 93.9 Å². The summed E-state index contributed by atoms with van der Waals surface area (Å²) in [5.41, 5.74) is 0.438. The number of hydrogen-bond acceptors (Lipinski definition) is 1. The van der Waals surface area contributed by atoms with Crippen LogP contribution in [0.2, 0.25) is 0 Å². The van der Waals surface area contributed by atoms with Gasteiger partial charge in [-0.25, -0.2) is 0 Å². The van der Waals surface area contributed by atoms with E-state index in [1.165, 1.54) is 43.0 Å². The molecule has 1 nitrogen and oxygen atoms in total. The summed E-state index contributed by atoms with van der Waals surface area (Å²) in [5.74, 6) is 8.63. The Labute approximate surface area is 202 Å². The van der Waals surface area contributed by atoms with Crippen LogP contribution in [-0.2, 0) is 4.74 Å². The molecule has 0 N–H and O–H groups in total. The standard InChI is InChI=1S/C28H51IO/c1-17-9-11-24(18(2)13-17)27-21(5)25-12-10-23(30-16-20(4)19(3)15-29)14-26(25)28(7,8)22(27)6/h17-27H,9-16H2,1-8H3/t17-,18-,19-,20?,21?,22-,23?,24?,25?,26+,27?/m1/s1. The minimum absolute atomic E-state index is 0.438. The zero-order valence-corrected chi connectivity index (χ0v) is 23.5. The van der Waals surface area contributed by atoms with Crippen molar-refractivity contribution < 1.29 is 4.74 Å².